The molecule has 34 heteroatoms. The molecular weight excluding hydrogens is 1700 g/mol. The van der Waals surface area contributed by atoms with E-state index < -0.39 is 197 Å². The summed E-state index contributed by atoms with van der Waals surface area (Å²) in [6.45, 7) is 20.8. The standard InChI is InChI=1S/2C45H57ClF3N3O9S/c2*1-26(2)59-32-14-12-29(13-15-32)35-19-31(46)20-38(50-35)60-33-21-36-37(53)24-44(41(56)51-62(57,58)43(7)16-17-43)23-30(44)11-9-8-10-27(3)18-28(4)34(40(55)52(36)25-33)22-39(54)61-42(5,6)45(47,48)49/h2*9,11-15,19-20,26-28,30,33-34,36H,8,10,16-18,21-25H2,1-7H3,(H,51,56)/b2*11-9-/t27-,28+,30+,33+,34-,36-,44+;27-,28-,30-,33-,34+,36+,44-/m01/s1. The number of pyridine rings is 2. The van der Waals surface area contributed by atoms with Gasteiger partial charge < -0.3 is 38.2 Å². The first kappa shape index (κ1) is 96.3. The number of aromatic nitrogens is 2. The van der Waals surface area contributed by atoms with Gasteiger partial charge in [0.25, 0.3) is 0 Å². The highest BCUT2D eigenvalue weighted by Crippen LogP contribution is 2.60. The number of amides is 4. The van der Waals surface area contributed by atoms with Crippen LogP contribution >= 0.6 is 23.2 Å². The number of benzene rings is 2. The van der Waals surface area contributed by atoms with Crippen molar-refractivity contribution in [2.45, 2.75) is 282 Å². The van der Waals surface area contributed by atoms with Crippen LogP contribution in [0.25, 0.3) is 22.5 Å². The van der Waals surface area contributed by atoms with Crippen molar-refractivity contribution in [3.8, 4) is 45.8 Å². The first-order valence-electron chi connectivity index (χ1n) is 42.6. The van der Waals surface area contributed by atoms with E-state index in [1.54, 1.807) is 64.1 Å². The van der Waals surface area contributed by atoms with Gasteiger partial charge in [-0.25, -0.2) is 26.8 Å². The number of nitrogens with one attached hydrogen (secondary N) is 2. The second kappa shape index (κ2) is 37.1. The predicted molar refractivity (Wildman–Crippen MR) is 451 cm³/mol. The van der Waals surface area contributed by atoms with Crippen molar-refractivity contribution < 1.29 is 110 Å². The lowest BCUT2D eigenvalue weighted by Gasteiger charge is -2.33. The summed E-state index contributed by atoms with van der Waals surface area (Å²) in [6.07, 6.45) is -0.936. The zero-order valence-corrected chi connectivity index (χ0v) is 75.6. The topological polar surface area (TPSA) is 317 Å². The fraction of sp³-hybridized carbons (Fsp3) is 0.622. The monoisotopic (exact) mass is 1810 g/mol. The van der Waals surface area contributed by atoms with Crippen molar-refractivity contribution in [1.82, 2.24) is 29.2 Å². The molecule has 2 N–H and O–H groups in total. The molecule has 0 spiro atoms. The van der Waals surface area contributed by atoms with E-state index in [0.29, 0.717) is 108 Å². The highest BCUT2D eigenvalue weighted by atomic mass is 35.5. The number of hydrogen-bond acceptors (Lipinski definition) is 20. The van der Waals surface area contributed by atoms with Crippen LogP contribution in [0.2, 0.25) is 10.0 Å². The normalized spacial score (nSPS) is 28.5. The third-order valence-electron chi connectivity index (χ3n) is 25.6. The predicted octanol–water partition coefficient (Wildman–Crippen LogP) is 16.8. The number of Topliss-reactive ketones (excluding diaryl/α,β-unsaturated/α-hetero) is 2. The highest BCUT2D eigenvalue weighted by molar-refractivity contribution is 7.92. The Morgan fingerprint density at radius 1 is 0.532 bits per heavy atom. The van der Waals surface area contributed by atoms with Crippen LogP contribution in [0, 0.1) is 58.2 Å². The molecule has 14 atom stereocenters. The van der Waals surface area contributed by atoms with Crippen molar-refractivity contribution in [2.75, 3.05) is 13.1 Å². The van der Waals surface area contributed by atoms with Crippen LogP contribution in [0.3, 0.4) is 0 Å². The third-order valence-corrected chi connectivity index (χ3v) is 30.4. The number of alkyl halides is 6. The Bertz CT molecular complexity index is 4660. The van der Waals surface area contributed by atoms with E-state index in [9.17, 15) is 81.5 Å². The molecule has 4 aliphatic heterocycles. The van der Waals surface area contributed by atoms with Gasteiger partial charge in [0.15, 0.2) is 11.6 Å². The minimum absolute atomic E-state index is 0.00326. The van der Waals surface area contributed by atoms with Crippen LogP contribution < -0.4 is 28.4 Å². The first-order valence-corrected chi connectivity index (χ1v) is 46.3. The van der Waals surface area contributed by atoms with Crippen molar-refractivity contribution in [3.05, 3.63) is 107 Å². The van der Waals surface area contributed by atoms with Gasteiger partial charge in [-0.15, -0.1) is 0 Å². The number of ether oxygens (including phenoxy) is 6. The molecule has 4 aliphatic carbocycles. The second-order valence-corrected chi connectivity index (χ2v) is 42.9. The molecule has 12 rings (SSSR count). The molecule has 4 amide bonds. The van der Waals surface area contributed by atoms with E-state index in [4.69, 9.17) is 51.6 Å². The Hall–Kier alpha value is -8.36. The van der Waals surface area contributed by atoms with Gasteiger partial charge in [0, 0.05) is 59.0 Å². The van der Waals surface area contributed by atoms with Crippen LogP contribution in [0.5, 0.6) is 23.3 Å². The van der Waals surface area contributed by atoms with E-state index >= 15 is 0 Å². The van der Waals surface area contributed by atoms with Gasteiger partial charge in [0.1, 0.15) is 23.7 Å². The van der Waals surface area contributed by atoms with Crippen LogP contribution in [0.15, 0.2) is 97.1 Å². The molecule has 124 heavy (non-hydrogen) atoms. The molecule has 2 aromatic heterocycles. The number of allylic oxidation sites excluding steroid dienone is 4. The smallest absolute Gasteiger partial charge is 0.427 e. The maximum atomic E-state index is 14.9. The van der Waals surface area contributed by atoms with Crippen LogP contribution in [0.4, 0.5) is 26.3 Å². The van der Waals surface area contributed by atoms with Crippen molar-refractivity contribution >= 4 is 90.4 Å². The molecule has 680 valence electrons. The van der Waals surface area contributed by atoms with Gasteiger partial charge >= 0.3 is 24.3 Å². The van der Waals surface area contributed by atoms with Gasteiger partial charge in [-0.3, -0.25) is 47.8 Å². The molecule has 2 saturated heterocycles. The van der Waals surface area contributed by atoms with Crippen molar-refractivity contribution in [2.24, 2.45) is 58.2 Å². The zero-order valence-electron chi connectivity index (χ0n) is 72.4. The fourth-order valence-electron chi connectivity index (χ4n) is 17.0. The Kier molecular flexibility index (Phi) is 28.8. The average molecular weight is 1820 g/mol. The molecule has 4 aromatic rings. The molecule has 8 aliphatic rings. The number of ketones is 2. The molecular formula is C90H114Cl2F6N6O18S2. The summed E-state index contributed by atoms with van der Waals surface area (Å²) < 4.78 is 172. The lowest BCUT2D eigenvalue weighted by atomic mass is 9.82. The van der Waals surface area contributed by atoms with Gasteiger partial charge in [-0.1, -0.05) is 75.2 Å². The molecule has 24 nitrogen and oxygen atoms in total. The van der Waals surface area contributed by atoms with Crippen LogP contribution in [-0.4, -0.2) is 166 Å². The first-order chi connectivity index (χ1) is 57.7. The van der Waals surface area contributed by atoms with E-state index in [1.165, 1.54) is 21.9 Å². The summed E-state index contributed by atoms with van der Waals surface area (Å²) in [6, 6.07) is 18.3. The molecule has 0 bridgehead atoms. The minimum Gasteiger partial charge on any atom is -0.491 e. The number of carbonyl (C=O) groups excluding carboxylic acids is 8. The van der Waals surface area contributed by atoms with Crippen molar-refractivity contribution in [3.63, 3.8) is 0 Å². The minimum atomic E-state index is -4.88. The summed E-state index contributed by atoms with van der Waals surface area (Å²) in [5.41, 5.74) is -6.08. The molecule has 0 unspecified atom stereocenters. The highest BCUT2D eigenvalue weighted by Gasteiger charge is 2.65. The van der Waals surface area contributed by atoms with E-state index in [0.717, 1.165) is 27.7 Å². The summed E-state index contributed by atoms with van der Waals surface area (Å²) in [4.78, 5) is 126. The maximum Gasteiger partial charge on any atom is 0.427 e. The van der Waals surface area contributed by atoms with E-state index in [-0.39, 0.29) is 74.6 Å². The van der Waals surface area contributed by atoms with E-state index in [2.05, 4.69) is 19.4 Å². The van der Waals surface area contributed by atoms with Gasteiger partial charge in [0.2, 0.25) is 66.6 Å². The van der Waals surface area contributed by atoms with E-state index in [1.807, 2.05) is 90.1 Å². The number of rotatable bonds is 22. The second-order valence-electron chi connectivity index (χ2n) is 37.6. The number of carbonyl (C=O) groups is 8. The Balaban J connectivity index is 0.000000241. The van der Waals surface area contributed by atoms with Gasteiger partial charge in [-0.2, -0.15) is 26.3 Å². The quantitative estimate of drug-likeness (QED) is 0.0419. The largest absolute Gasteiger partial charge is 0.491 e. The van der Waals surface area contributed by atoms with Crippen LogP contribution in [0.1, 0.15) is 213 Å². The van der Waals surface area contributed by atoms with Gasteiger partial charge in [0.05, 0.1) is 93.8 Å². The summed E-state index contributed by atoms with van der Waals surface area (Å²) in [5.74, 6) is -9.12. The molecule has 6 fully saturated rings. The number of fused-ring (bicyclic) bond motifs is 4. The molecule has 4 saturated carbocycles. The van der Waals surface area contributed by atoms with Gasteiger partial charge in [-0.05, 0) is 242 Å². The lowest BCUT2D eigenvalue weighted by molar-refractivity contribution is -0.257. The third kappa shape index (κ3) is 22.8. The van der Waals surface area contributed by atoms with Crippen molar-refractivity contribution in [1.29, 1.82) is 0 Å². The molecule has 2 aromatic carbocycles. The number of halogens is 8. The molecule has 0 radical (unpaired) electrons. The number of hydrogen-bond donors (Lipinski definition) is 2. The maximum absolute atomic E-state index is 14.9. The summed E-state index contributed by atoms with van der Waals surface area (Å²) in [7, 11) is -8.09. The van der Waals surface area contributed by atoms with Crippen LogP contribution in [-0.2, 0) is 67.9 Å². The summed E-state index contributed by atoms with van der Waals surface area (Å²) >= 11 is 13.1. The number of nitrogens with zero attached hydrogens (tertiary/aromatic N) is 4. The number of sulfonamides is 2. The average Bonchev–Trinajstić information content (AvgIpc) is 1.57. The molecule has 6 heterocycles. The lowest BCUT2D eigenvalue weighted by Crippen LogP contribution is -2.48. The fourth-order valence-corrected chi connectivity index (χ4v) is 20.0. The number of esters is 2. The Labute approximate surface area is 731 Å². The Morgan fingerprint density at radius 3 is 1.19 bits per heavy atom. The zero-order chi connectivity index (χ0) is 91.2. The summed E-state index contributed by atoms with van der Waals surface area (Å²) in [5, 5.41) is 0.596. The SMILES string of the molecule is CC(C)Oc1ccc(-c2cc(Cl)cc(O[C@@H]3C[C@H]4C(=O)C[C@]5(C(=O)NS(=O)(=O)C6(C)CC6)C[C@H]5/C=C\CC[C@@H](C)C[C@@H](C)[C@H](CC(=O)OC(C)(C)C(F)(F)F)C(=O)N4C3)n2)cc1.CC(C)Oc1ccc(-c2cc(Cl)cc(O[C@@H]3C[C@H]4C(=O)C[C@]5(C(=O)NS(=O)(=O)C6(C)CC6)C[C@H]5/C=C\CC[C@H](C)C[C@@H](C)[C@H](CC(=O)OC(C)(C)C(F)(F)F)C(=O)N4C3)n2)cc1. The Morgan fingerprint density at radius 2 is 0.871 bits per heavy atom.